The van der Waals surface area contributed by atoms with Crippen molar-refractivity contribution in [3.05, 3.63) is 91.0 Å². The maximum Gasteiger partial charge on any atom is 0.250 e. The average molecular weight is 388 g/mol. The van der Waals surface area contributed by atoms with E-state index in [1.54, 1.807) is 12.2 Å². The molecule has 3 aromatic carbocycles. The quantitative estimate of drug-likeness (QED) is 0.357. The van der Waals surface area contributed by atoms with Crippen LogP contribution in [-0.4, -0.2) is 17.6 Å². The van der Waals surface area contributed by atoms with Gasteiger partial charge in [-0.15, -0.1) is 0 Å². The molecule has 0 aliphatic carbocycles. The molecular weight excluding hydrogens is 368 g/mol. The third-order valence-electron chi connectivity index (χ3n) is 3.95. The van der Waals surface area contributed by atoms with Gasteiger partial charge in [-0.3, -0.25) is 10.1 Å². The van der Waals surface area contributed by atoms with Crippen LogP contribution in [0.3, 0.4) is 0 Å². The zero-order chi connectivity index (χ0) is 19.8. The molecule has 0 aromatic heterocycles. The van der Waals surface area contributed by atoms with Crippen LogP contribution in [0.1, 0.15) is 5.56 Å². The van der Waals surface area contributed by atoms with Crippen LogP contribution in [0, 0.1) is 0 Å². The van der Waals surface area contributed by atoms with E-state index < -0.39 is 0 Å². The van der Waals surface area contributed by atoms with Crippen LogP contribution in [0.15, 0.2) is 85.5 Å². The van der Waals surface area contributed by atoms with Crippen LogP contribution in [-0.2, 0) is 4.79 Å². The van der Waals surface area contributed by atoms with Crippen molar-refractivity contribution in [2.45, 2.75) is 0 Å². The van der Waals surface area contributed by atoms with Gasteiger partial charge in [0.25, 0.3) is 0 Å². The van der Waals surface area contributed by atoms with Crippen LogP contribution in [0.25, 0.3) is 16.8 Å². The molecule has 0 saturated carbocycles. The molecule has 1 amide bonds. The number of ether oxygens (including phenoxy) is 1. The fourth-order valence-corrected chi connectivity index (χ4v) is 2.89. The minimum atomic E-state index is -0.295. The van der Waals surface area contributed by atoms with Gasteiger partial charge in [-0.25, -0.2) is 0 Å². The second-order valence-corrected chi connectivity index (χ2v) is 6.38. The van der Waals surface area contributed by atoms with Gasteiger partial charge in [-0.2, -0.15) is 0 Å². The predicted octanol–water partition coefficient (Wildman–Crippen LogP) is 4.93. The molecule has 5 heteroatoms. The highest BCUT2D eigenvalue weighted by Gasteiger charge is 2.03. The number of carbonyl (C=O) groups is 1. The predicted molar refractivity (Wildman–Crippen MR) is 119 cm³/mol. The standard InChI is InChI=1S/C23H20N2O2S/c1-2-16-27-20-13-11-19(12-14-20)24-23(28)25-22(26)15-10-18-8-5-7-17-6-3-4-9-21(17)18/h2-15H,1,16H2,(H2,24,25,26,28). The summed E-state index contributed by atoms with van der Waals surface area (Å²) in [5.74, 6) is 0.440. The van der Waals surface area contributed by atoms with Gasteiger partial charge in [-0.05, 0) is 58.9 Å². The number of nitrogens with one attached hydrogen (secondary N) is 2. The molecule has 0 aliphatic rings. The Morgan fingerprint density at radius 2 is 1.79 bits per heavy atom. The minimum absolute atomic E-state index is 0.229. The second kappa shape index (κ2) is 9.48. The number of fused-ring (bicyclic) bond motifs is 1. The zero-order valence-electron chi connectivity index (χ0n) is 15.2. The Bertz CT molecular complexity index is 1020. The Labute approximate surface area is 169 Å². The summed E-state index contributed by atoms with van der Waals surface area (Å²) in [5, 5.41) is 8.07. The summed E-state index contributed by atoms with van der Waals surface area (Å²) in [5.41, 5.74) is 1.73. The average Bonchev–Trinajstić information content (AvgIpc) is 2.71. The third-order valence-corrected chi connectivity index (χ3v) is 4.16. The van der Waals surface area contributed by atoms with Crippen molar-refractivity contribution in [2.75, 3.05) is 11.9 Å². The van der Waals surface area contributed by atoms with Crippen LogP contribution in [0.2, 0.25) is 0 Å². The number of amides is 1. The number of rotatable bonds is 6. The van der Waals surface area contributed by atoms with Gasteiger partial charge in [0, 0.05) is 11.8 Å². The van der Waals surface area contributed by atoms with Crippen molar-refractivity contribution in [1.82, 2.24) is 5.32 Å². The molecule has 0 unspecified atom stereocenters. The Hall–Kier alpha value is -3.44. The molecular formula is C23H20N2O2S. The fraction of sp³-hybridized carbons (Fsp3) is 0.0435. The van der Waals surface area contributed by atoms with E-state index in [4.69, 9.17) is 17.0 Å². The molecule has 0 heterocycles. The summed E-state index contributed by atoms with van der Waals surface area (Å²) in [6, 6.07) is 21.3. The SMILES string of the molecule is C=CCOc1ccc(NC(=S)NC(=O)C=Cc2cccc3ccccc23)cc1. The van der Waals surface area contributed by atoms with Crippen LogP contribution in [0.4, 0.5) is 5.69 Å². The van der Waals surface area contributed by atoms with E-state index >= 15 is 0 Å². The molecule has 2 N–H and O–H groups in total. The molecule has 4 nitrogen and oxygen atoms in total. The summed E-state index contributed by atoms with van der Waals surface area (Å²) in [4.78, 5) is 12.2. The number of anilines is 1. The lowest BCUT2D eigenvalue weighted by Crippen LogP contribution is -2.32. The Kier molecular flexibility index (Phi) is 6.54. The first kappa shape index (κ1) is 19.3. The van der Waals surface area contributed by atoms with Gasteiger partial charge >= 0.3 is 0 Å². The lowest BCUT2D eigenvalue weighted by Gasteiger charge is -2.09. The van der Waals surface area contributed by atoms with Gasteiger partial charge in [0.15, 0.2) is 5.11 Å². The van der Waals surface area contributed by atoms with Gasteiger partial charge in [0.05, 0.1) is 0 Å². The Morgan fingerprint density at radius 1 is 1.04 bits per heavy atom. The Morgan fingerprint density at radius 3 is 2.57 bits per heavy atom. The maximum absolute atomic E-state index is 12.2. The first-order chi connectivity index (χ1) is 13.7. The van der Waals surface area contributed by atoms with Gasteiger partial charge in [0.2, 0.25) is 5.91 Å². The first-order valence-electron chi connectivity index (χ1n) is 8.77. The molecule has 140 valence electrons. The van der Waals surface area contributed by atoms with Crippen molar-refractivity contribution >= 4 is 45.8 Å². The van der Waals surface area contributed by atoms with Crippen LogP contribution >= 0.6 is 12.2 Å². The summed E-state index contributed by atoms with van der Waals surface area (Å²) in [6.45, 7) is 4.06. The molecule has 0 saturated heterocycles. The zero-order valence-corrected chi connectivity index (χ0v) is 16.0. The smallest absolute Gasteiger partial charge is 0.250 e. The highest BCUT2D eigenvalue weighted by atomic mass is 32.1. The lowest BCUT2D eigenvalue weighted by atomic mass is 10.0. The minimum Gasteiger partial charge on any atom is -0.490 e. The second-order valence-electron chi connectivity index (χ2n) is 5.97. The van der Waals surface area contributed by atoms with Crippen molar-refractivity contribution < 1.29 is 9.53 Å². The fourth-order valence-electron chi connectivity index (χ4n) is 2.67. The number of hydrogen-bond donors (Lipinski definition) is 2. The van der Waals surface area contributed by atoms with Crippen molar-refractivity contribution in [3.8, 4) is 5.75 Å². The molecule has 3 rings (SSSR count). The molecule has 0 spiro atoms. The van der Waals surface area contributed by atoms with Crippen LogP contribution in [0.5, 0.6) is 5.75 Å². The lowest BCUT2D eigenvalue weighted by molar-refractivity contribution is -0.115. The molecule has 0 radical (unpaired) electrons. The number of thiocarbonyl (C=S) groups is 1. The van der Waals surface area contributed by atoms with Gasteiger partial charge in [-0.1, -0.05) is 55.1 Å². The van der Waals surface area contributed by atoms with Gasteiger partial charge in [0.1, 0.15) is 12.4 Å². The number of hydrogen-bond acceptors (Lipinski definition) is 3. The van der Waals surface area contributed by atoms with Gasteiger partial charge < -0.3 is 10.1 Å². The summed E-state index contributed by atoms with van der Waals surface area (Å²) in [7, 11) is 0. The molecule has 3 aromatic rings. The van der Waals surface area contributed by atoms with E-state index in [0.717, 1.165) is 27.8 Å². The number of benzene rings is 3. The highest BCUT2D eigenvalue weighted by molar-refractivity contribution is 7.80. The highest BCUT2D eigenvalue weighted by Crippen LogP contribution is 2.19. The van der Waals surface area contributed by atoms with E-state index in [9.17, 15) is 4.79 Å². The maximum atomic E-state index is 12.2. The monoisotopic (exact) mass is 388 g/mol. The van der Waals surface area contributed by atoms with Crippen molar-refractivity contribution in [3.63, 3.8) is 0 Å². The molecule has 28 heavy (non-hydrogen) atoms. The topological polar surface area (TPSA) is 50.4 Å². The third kappa shape index (κ3) is 5.28. The van der Waals surface area contributed by atoms with E-state index in [1.165, 1.54) is 6.08 Å². The van der Waals surface area contributed by atoms with Crippen molar-refractivity contribution in [2.24, 2.45) is 0 Å². The molecule has 0 fully saturated rings. The molecule has 0 atom stereocenters. The van der Waals surface area contributed by atoms with Crippen molar-refractivity contribution in [1.29, 1.82) is 0 Å². The van der Waals surface area contributed by atoms with E-state index in [-0.39, 0.29) is 11.0 Å². The van der Waals surface area contributed by atoms with E-state index in [2.05, 4.69) is 17.2 Å². The molecule has 0 bridgehead atoms. The first-order valence-corrected chi connectivity index (χ1v) is 9.18. The summed E-state index contributed by atoms with van der Waals surface area (Å²) in [6.07, 6.45) is 4.94. The number of carbonyl (C=O) groups excluding carboxylic acids is 1. The van der Waals surface area contributed by atoms with E-state index in [1.807, 2.05) is 66.7 Å². The summed E-state index contributed by atoms with van der Waals surface area (Å²) >= 11 is 5.20. The molecule has 0 aliphatic heterocycles. The van der Waals surface area contributed by atoms with Crippen LogP contribution < -0.4 is 15.4 Å². The largest absolute Gasteiger partial charge is 0.490 e. The summed E-state index contributed by atoms with van der Waals surface area (Å²) < 4.78 is 5.43. The Balaban J connectivity index is 1.57. The normalized spacial score (nSPS) is 10.6. The van der Waals surface area contributed by atoms with E-state index in [0.29, 0.717) is 6.61 Å².